The number of carbonyl (C=O) groups excluding carboxylic acids is 1. The zero-order valence-corrected chi connectivity index (χ0v) is 18.0. The fraction of sp³-hybridized carbons (Fsp3) is 0.217. The number of hydrogen-bond donors (Lipinski definition) is 2. The van der Waals surface area contributed by atoms with Crippen molar-refractivity contribution >= 4 is 22.8 Å². The maximum absolute atomic E-state index is 13.2. The lowest BCUT2D eigenvalue weighted by Gasteiger charge is -2.14. The molecule has 0 radical (unpaired) electrons. The van der Waals surface area contributed by atoms with E-state index in [0.717, 1.165) is 11.3 Å². The SMILES string of the molecule is CCn1c(NNC(=O)Cc2c(C)nn(-c3ccc(F)cc3)c2C)nc2ccccc2c1=O. The molecule has 8 nitrogen and oxygen atoms in total. The zero-order chi connectivity index (χ0) is 22.8. The Labute approximate surface area is 183 Å². The highest BCUT2D eigenvalue weighted by Gasteiger charge is 2.17. The minimum Gasteiger partial charge on any atom is -0.277 e. The van der Waals surface area contributed by atoms with Crippen molar-refractivity contribution in [2.75, 3.05) is 5.43 Å². The number of aryl methyl sites for hydroxylation is 1. The van der Waals surface area contributed by atoms with Gasteiger partial charge in [-0.25, -0.2) is 14.1 Å². The summed E-state index contributed by atoms with van der Waals surface area (Å²) in [5.41, 5.74) is 8.76. The van der Waals surface area contributed by atoms with E-state index in [2.05, 4.69) is 20.9 Å². The molecule has 1 amide bonds. The average molecular weight is 434 g/mol. The molecule has 4 rings (SSSR count). The third-order valence-electron chi connectivity index (χ3n) is 5.34. The van der Waals surface area contributed by atoms with Gasteiger partial charge in [-0.1, -0.05) is 12.1 Å². The number of carbonyl (C=O) groups is 1. The molecule has 0 aliphatic rings. The van der Waals surface area contributed by atoms with Gasteiger partial charge in [0.1, 0.15) is 5.82 Å². The number of nitrogens with zero attached hydrogens (tertiary/aromatic N) is 4. The van der Waals surface area contributed by atoms with Crippen LogP contribution in [0.5, 0.6) is 0 Å². The van der Waals surface area contributed by atoms with Gasteiger partial charge in [0.2, 0.25) is 11.9 Å². The maximum Gasteiger partial charge on any atom is 0.262 e. The minimum absolute atomic E-state index is 0.0792. The largest absolute Gasteiger partial charge is 0.277 e. The van der Waals surface area contributed by atoms with E-state index < -0.39 is 0 Å². The van der Waals surface area contributed by atoms with Gasteiger partial charge in [0.25, 0.3) is 5.56 Å². The van der Waals surface area contributed by atoms with E-state index in [9.17, 15) is 14.0 Å². The molecule has 32 heavy (non-hydrogen) atoms. The van der Waals surface area contributed by atoms with Gasteiger partial charge < -0.3 is 0 Å². The van der Waals surface area contributed by atoms with Crippen molar-refractivity contribution in [3.05, 3.63) is 81.7 Å². The molecule has 2 N–H and O–H groups in total. The van der Waals surface area contributed by atoms with Crippen molar-refractivity contribution in [3.8, 4) is 5.69 Å². The number of aromatic nitrogens is 4. The molecule has 0 saturated heterocycles. The van der Waals surface area contributed by atoms with E-state index in [-0.39, 0.29) is 29.7 Å². The molecule has 0 aliphatic heterocycles. The number of anilines is 1. The predicted molar refractivity (Wildman–Crippen MR) is 120 cm³/mol. The van der Waals surface area contributed by atoms with Crippen LogP contribution in [-0.4, -0.2) is 25.2 Å². The Hall–Kier alpha value is -4.01. The fourth-order valence-electron chi connectivity index (χ4n) is 3.65. The van der Waals surface area contributed by atoms with Crippen LogP contribution >= 0.6 is 0 Å². The lowest BCUT2D eigenvalue weighted by Crippen LogP contribution is -2.35. The lowest BCUT2D eigenvalue weighted by atomic mass is 10.1. The number of rotatable bonds is 6. The Balaban J connectivity index is 1.53. The zero-order valence-electron chi connectivity index (χ0n) is 18.0. The van der Waals surface area contributed by atoms with Crippen LogP contribution in [0.4, 0.5) is 10.3 Å². The summed E-state index contributed by atoms with van der Waals surface area (Å²) in [6, 6.07) is 13.1. The molecular formula is C23H23FN6O2. The number of amides is 1. The Morgan fingerprint density at radius 1 is 1.09 bits per heavy atom. The molecule has 0 aliphatic carbocycles. The molecule has 0 bridgehead atoms. The fourth-order valence-corrected chi connectivity index (χ4v) is 3.65. The second-order valence-corrected chi connectivity index (χ2v) is 7.39. The monoisotopic (exact) mass is 434 g/mol. The van der Waals surface area contributed by atoms with Gasteiger partial charge in [-0.2, -0.15) is 5.10 Å². The molecule has 0 saturated carbocycles. The number of benzene rings is 2. The summed E-state index contributed by atoms with van der Waals surface area (Å²) in [6.07, 6.45) is 0.0792. The van der Waals surface area contributed by atoms with Crippen LogP contribution in [0.15, 0.2) is 53.3 Å². The Morgan fingerprint density at radius 2 is 1.81 bits per heavy atom. The number of hydrazine groups is 1. The number of hydrogen-bond acceptors (Lipinski definition) is 5. The summed E-state index contributed by atoms with van der Waals surface area (Å²) in [4.78, 5) is 29.8. The van der Waals surface area contributed by atoms with Gasteiger partial charge in [0.15, 0.2) is 0 Å². The maximum atomic E-state index is 13.2. The van der Waals surface area contributed by atoms with Crippen molar-refractivity contribution in [1.82, 2.24) is 24.8 Å². The summed E-state index contributed by atoms with van der Waals surface area (Å²) in [7, 11) is 0. The highest BCUT2D eigenvalue weighted by atomic mass is 19.1. The van der Waals surface area contributed by atoms with Crippen molar-refractivity contribution in [2.45, 2.75) is 33.7 Å². The molecule has 0 fully saturated rings. The predicted octanol–water partition coefficient (Wildman–Crippen LogP) is 3.04. The van der Waals surface area contributed by atoms with Crippen LogP contribution in [0, 0.1) is 19.7 Å². The lowest BCUT2D eigenvalue weighted by molar-refractivity contribution is -0.120. The van der Waals surface area contributed by atoms with E-state index >= 15 is 0 Å². The van der Waals surface area contributed by atoms with Gasteiger partial charge >= 0.3 is 0 Å². The molecule has 0 atom stereocenters. The smallest absolute Gasteiger partial charge is 0.262 e. The van der Waals surface area contributed by atoms with Crippen molar-refractivity contribution in [1.29, 1.82) is 0 Å². The number of nitrogens with one attached hydrogen (secondary N) is 2. The summed E-state index contributed by atoms with van der Waals surface area (Å²) in [6.45, 7) is 5.92. The summed E-state index contributed by atoms with van der Waals surface area (Å²) in [5, 5.41) is 5.01. The van der Waals surface area contributed by atoms with Crippen LogP contribution < -0.4 is 16.4 Å². The molecule has 0 spiro atoms. The van der Waals surface area contributed by atoms with E-state index in [1.165, 1.54) is 16.7 Å². The van der Waals surface area contributed by atoms with Crippen molar-refractivity contribution in [2.24, 2.45) is 0 Å². The highest BCUT2D eigenvalue weighted by Crippen LogP contribution is 2.19. The first-order chi connectivity index (χ1) is 15.4. The molecule has 2 aromatic carbocycles. The topological polar surface area (TPSA) is 93.8 Å². The van der Waals surface area contributed by atoms with E-state index in [4.69, 9.17) is 0 Å². The Bertz CT molecular complexity index is 1360. The first kappa shape index (κ1) is 21.2. The summed E-state index contributed by atoms with van der Waals surface area (Å²) >= 11 is 0. The van der Waals surface area contributed by atoms with Crippen molar-refractivity contribution < 1.29 is 9.18 Å². The quantitative estimate of drug-likeness (QED) is 0.455. The van der Waals surface area contributed by atoms with Gasteiger partial charge in [0.05, 0.1) is 28.7 Å². The van der Waals surface area contributed by atoms with Crippen LogP contribution in [0.2, 0.25) is 0 Å². The number of fused-ring (bicyclic) bond motifs is 1. The third kappa shape index (κ3) is 3.96. The van der Waals surface area contributed by atoms with Crippen LogP contribution in [0.25, 0.3) is 16.6 Å². The average Bonchev–Trinajstić information content (AvgIpc) is 3.06. The van der Waals surface area contributed by atoms with Gasteiger partial charge in [-0.05, 0) is 57.2 Å². The molecule has 9 heteroatoms. The van der Waals surface area contributed by atoms with Gasteiger partial charge in [0, 0.05) is 17.8 Å². The Morgan fingerprint density at radius 3 is 2.53 bits per heavy atom. The minimum atomic E-state index is -0.325. The number of halogens is 1. The first-order valence-corrected chi connectivity index (χ1v) is 10.2. The van der Waals surface area contributed by atoms with Crippen LogP contribution in [0.3, 0.4) is 0 Å². The molecule has 2 heterocycles. The van der Waals surface area contributed by atoms with Crippen LogP contribution in [-0.2, 0) is 17.8 Å². The highest BCUT2D eigenvalue weighted by molar-refractivity contribution is 5.81. The summed E-state index contributed by atoms with van der Waals surface area (Å²) in [5.74, 6) is -0.367. The third-order valence-corrected chi connectivity index (χ3v) is 5.34. The second kappa shape index (κ2) is 8.62. The normalized spacial score (nSPS) is 11.0. The van der Waals surface area contributed by atoms with E-state index in [1.54, 1.807) is 41.1 Å². The van der Waals surface area contributed by atoms with Gasteiger partial charge in [-0.3, -0.25) is 25.0 Å². The first-order valence-electron chi connectivity index (χ1n) is 10.2. The second-order valence-electron chi connectivity index (χ2n) is 7.39. The van der Waals surface area contributed by atoms with Crippen LogP contribution in [0.1, 0.15) is 23.9 Å². The molecule has 2 aromatic heterocycles. The number of para-hydroxylation sites is 1. The van der Waals surface area contributed by atoms with E-state index in [1.807, 2.05) is 20.8 Å². The summed E-state index contributed by atoms with van der Waals surface area (Å²) < 4.78 is 16.4. The van der Waals surface area contributed by atoms with Gasteiger partial charge in [-0.15, -0.1) is 0 Å². The standard InChI is InChI=1S/C23H23FN6O2/c1-4-29-22(32)18-7-5-6-8-20(18)25-23(29)27-26-21(31)13-19-14(2)28-30(15(19)3)17-11-9-16(24)10-12-17/h5-12H,4,13H2,1-3H3,(H,25,27)(H,26,31). The molecule has 164 valence electrons. The molecule has 0 unspecified atom stereocenters. The Kier molecular flexibility index (Phi) is 5.72. The van der Waals surface area contributed by atoms with E-state index in [0.29, 0.717) is 28.8 Å². The van der Waals surface area contributed by atoms with Crippen molar-refractivity contribution in [3.63, 3.8) is 0 Å². The molecule has 4 aromatic rings. The molecular weight excluding hydrogens is 411 g/mol.